The Morgan fingerprint density at radius 1 is 1.28 bits per heavy atom. The third-order valence-electron chi connectivity index (χ3n) is 5.46. The number of anilines is 1. The lowest BCUT2D eigenvalue weighted by molar-refractivity contribution is -0.119. The number of carbonyl (C=O) groups excluding carboxylic acids is 2. The van der Waals surface area contributed by atoms with Gasteiger partial charge in [-0.15, -0.1) is 0 Å². The summed E-state index contributed by atoms with van der Waals surface area (Å²) in [5.41, 5.74) is 4.07. The van der Waals surface area contributed by atoms with Crippen LogP contribution in [0.4, 0.5) is 10.5 Å². The van der Waals surface area contributed by atoms with Gasteiger partial charge >= 0.3 is 6.09 Å². The molecule has 29 heavy (non-hydrogen) atoms. The van der Waals surface area contributed by atoms with E-state index in [1.807, 2.05) is 25.7 Å². The summed E-state index contributed by atoms with van der Waals surface area (Å²) >= 11 is 3.81. The Kier molecular flexibility index (Phi) is 6.58. The highest BCUT2D eigenvalue weighted by atomic mass is 79.9. The molecule has 0 fully saturated rings. The van der Waals surface area contributed by atoms with Gasteiger partial charge in [-0.2, -0.15) is 0 Å². The Labute approximate surface area is 181 Å². The first-order valence-electron chi connectivity index (χ1n) is 10.2. The van der Waals surface area contributed by atoms with Crippen molar-refractivity contribution < 1.29 is 19.1 Å². The van der Waals surface area contributed by atoms with Crippen molar-refractivity contribution in [3.05, 3.63) is 27.2 Å². The van der Waals surface area contributed by atoms with Crippen molar-refractivity contribution in [2.75, 3.05) is 38.3 Å². The predicted molar refractivity (Wildman–Crippen MR) is 117 cm³/mol. The van der Waals surface area contributed by atoms with E-state index in [1.165, 1.54) is 16.7 Å². The summed E-state index contributed by atoms with van der Waals surface area (Å²) in [5.74, 6) is 0.318. The molecule has 1 aromatic rings. The van der Waals surface area contributed by atoms with Crippen molar-refractivity contribution in [2.45, 2.75) is 58.5 Å². The van der Waals surface area contributed by atoms with Crippen molar-refractivity contribution in [1.82, 2.24) is 4.90 Å². The Bertz CT molecular complexity index is 803. The minimum absolute atomic E-state index is 0.132. The Balaban J connectivity index is 1.93. The standard InChI is InChI=1S/C22H31BrN2O4/c1-14-13-24(21(27)29-22(2,3)4)9-8-16-17(14)12-15-6-7-18(26)25(10-11-28-5)20(15)19(16)23/h12,14H,6-11,13H2,1-5H3. The number of nitrogens with zero attached hydrogens (tertiary/aromatic N) is 2. The van der Waals surface area contributed by atoms with Gasteiger partial charge in [0.15, 0.2) is 0 Å². The number of hydrogen-bond donors (Lipinski definition) is 0. The molecule has 2 heterocycles. The van der Waals surface area contributed by atoms with Crippen LogP contribution in [-0.4, -0.2) is 55.9 Å². The lowest BCUT2D eigenvalue weighted by atomic mass is 9.89. The second-order valence-corrected chi connectivity index (χ2v) is 9.67. The summed E-state index contributed by atoms with van der Waals surface area (Å²) in [5, 5.41) is 0. The number of benzene rings is 1. The van der Waals surface area contributed by atoms with Crippen molar-refractivity contribution >= 4 is 33.6 Å². The van der Waals surface area contributed by atoms with Crippen LogP contribution in [0.2, 0.25) is 0 Å². The fourth-order valence-corrected chi connectivity index (χ4v) is 5.01. The summed E-state index contributed by atoms with van der Waals surface area (Å²) < 4.78 is 11.8. The first kappa shape index (κ1) is 22.1. The van der Waals surface area contributed by atoms with Gasteiger partial charge < -0.3 is 19.3 Å². The number of ether oxygens (including phenoxy) is 2. The van der Waals surface area contributed by atoms with Crippen LogP contribution in [0.3, 0.4) is 0 Å². The second kappa shape index (κ2) is 8.64. The molecule has 7 heteroatoms. The molecule has 1 atom stereocenters. The number of methoxy groups -OCH3 is 1. The van der Waals surface area contributed by atoms with Crippen LogP contribution in [0.15, 0.2) is 10.5 Å². The maximum absolute atomic E-state index is 12.6. The van der Waals surface area contributed by atoms with Gasteiger partial charge in [0.1, 0.15) is 5.60 Å². The number of amides is 2. The van der Waals surface area contributed by atoms with E-state index in [9.17, 15) is 9.59 Å². The van der Waals surface area contributed by atoms with Crippen LogP contribution >= 0.6 is 15.9 Å². The SMILES string of the molecule is COCCN1C(=O)CCc2cc3c(c(Br)c21)CCN(C(=O)OC(C)(C)C)CC3C. The van der Waals surface area contributed by atoms with Gasteiger partial charge in [-0.3, -0.25) is 4.79 Å². The number of rotatable bonds is 3. The van der Waals surface area contributed by atoms with Crippen LogP contribution in [-0.2, 0) is 27.1 Å². The number of hydrogen-bond acceptors (Lipinski definition) is 4. The molecular weight excluding hydrogens is 436 g/mol. The summed E-state index contributed by atoms with van der Waals surface area (Å²) in [6, 6.07) is 2.24. The molecule has 0 spiro atoms. The third-order valence-corrected chi connectivity index (χ3v) is 6.32. The lowest BCUT2D eigenvalue weighted by Gasteiger charge is -2.32. The van der Waals surface area contributed by atoms with Crippen molar-refractivity contribution in [2.24, 2.45) is 0 Å². The molecule has 0 radical (unpaired) electrons. The van der Waals surface area contributed by atoms with Crippen LogP contribution in [0.5, 0.6) is 0 Å². The van der Waals surface area contributed by atoms with Crippen molar-refractivity contribution in [1.29, 1.82) is 0 Å². The van der Waals surface area contributed by atoms with E-state index in [0.717, 1.165) is 23.0 Å². The summed E-state index contributed by atoms with van der Waals surface area (Å²) in [6.45, 7) is 10.1. The molecular formula is C22H31BrN2O4. The Morgan fingerprint density at radius 3 is 2.66 bits per heavy atom. The summed E-state index contributed by atoms with van der Waals surface area (Å²) in [4.78, 5) is 28.9. The third kappa shape index (κ3) is 4.77. The molecule has 0 saturated carbocycles. The van der Waals surface area contributed by atoms with Gasteiger partial charge in [0.2, 0.25) is 5.91 Å². The molecule has 2 aliphatic heterocycles. The molecule has 2 amide bonds. The summed E-state index contributed by atoms with van der Waals surface area (Å²) in [6.07, 6.45) is 1.71. The van der Waals surface area contributed by atoms with Gasteiger partial charge in [0.25, 0.3) is 0 Å². The van der Waals surface area contributed by atoms with Crippen LogP contribution in [0, 0.1) is 0 Å². The predicted octanol–water partition coefficient (Wildman–Crippen LogP) is 4.27. The minimum atomic E-state index is -0.513. The molecule has 0 bridgehead atoms. The van der Waals surface area contributed by atoms with E-state index in [0.29, 0.717) is 32.7 Å². The minimum Gasteiger partial charge on any atom is -0.444 e. The molecule has 1 unspecified atom stereocenters. The normalized spacial score (nSPS) is 19.5. The van der Waals surface area contributed by atoms with E-state index < -0.39 is 5.60 Å². The zero-order chi connectivity index (χ0) is 21.3. The smallest absolute Gasteiger partial charge is 0.410 e. The highest BCUT2D eigenvalue weighted by Crippen LogP contribution is 2.42. The van der Waals surface area contributed by atoms with E-state index >= 15 is 0 Å². The second-order valence-electron chi connectivity index (χ2n) is 8.88. The van der Waals surface area contributed by atoms with Crippen molar-refractivity contribution in [3.8, 4) is 0 Å². The summed E-state index contributed by atoms with van der Waals surface area (Å²) in [7, 11) is 1.65. The lowest BCUT2D eigenvalue weighted by Crippen LogP contribution is -2.38. The zero-order valence-electron chi connectivity index (χ0n) is 18.0. The van der Waals surface area contributed by atoms with Gasteiger partial charge in [-0.25, -0.2) is 4.79 Å². The number of carbonyl (C=O) groups is 2. The maximum atomic E-state index is 12.6. The fraction of sp³-hybridized carbons (Fsp3) is 0.636. The Morgan fingerprint density at radius 2 is 2.00 bits per heavy atom. The molecule has 3 rings (SSSR count). The van der Waals surface area contributed by atoms with Crippen LogP contribution < -0.4 is 4.90 Å². The molecule has 0 saturated heterocycles. The molecule has 0 aromatic heterocycles. The molecule has 6 nitrogen and oxygen atoms in total. The average molecular weight is 467 g/mol. The Hall–Kier alpha value is -1.60. The van der Waals surface area contributed by atoms with Crippen molar-refractivity contribution in [3.63, 3.8) is 0 Å². The number of halogens is 1. The largest absolute Gasteiger partial charge is 0.444 e. The number of aryl methyl sites for hydroxylation is 1. The van der Waals surface area contributed by atoms with E-state index in [4.69, 9.17) is 9.47 Å². The molecule has 160 valence electrons. The van der Waals surface area contributed by atoms with Gasteiger partial charge in [0.05, 0.1) is 12.3 Å². The molecule has 1 aromatic carbocycles. The fourth-order valence-electron chi connectivity index (χ4n) is 4.11. The monoisotopic (exact) mass is 466 g/mol. The number of fused-ring (bicyclic) bond motifs is 2. The highest BCUT2D eigenvalue weighted by Gasteiger charge is 2.33. The maximum Gasteiger partial charge on any atom is 0.410 e. The first-order valence-corrected chi connectivity index (χ1v) is 11.0. The van der Waals surface area contributed by atoms with Gasteiger partial charge in [-0.1, -0.05) is 13.0 Å². The van der Waals surface area contributed by atoms with Crippen LogP contribution in [0.1, 0.15) is 56.7 Å². The highest BCUT2D eigenvalue weighted by molar-refractivity contribution is 9.10. The van der Waals surface area contributed by atoms with Gasteiger partial charge in [-0.05, 0) is 72.2 Å². The first-order chi connectivity index (χ1) is 13.6. The topological polar surface area (TPSA) is 59.1 Å². The zero-order valence-corrected chi connectivity index (χ0v) is 19.6. The van der Waals surface area contributed by atoms with E-state index in [-0.39, 0.29) is 17.9 Å². The molecule has 0 N–H and O–H groups in total. The van der Waals surface area contributed by atoms with E-state index in [2.05, 4.69) is 28.9 Å². The molecule has 0 aliphatic carbocycles. The van der Waals surface area contributed by atoms with Crippen LogP contribution in [0.25, 0.3) is 0 Å². The molecule has 2 aliphatic rings. The van der Waals surface area contributed by atoms with Gasteiger partial charge in [0, 0.05) is 37.6 Å². The quantitative estimate of drug-likeness (QED) is 0.666. The average Bonchev–Trinajstić information content (AvgIpc) is 2.80. The van der Waals surface area contributed by atoms with E-state index in [1.54, 1.807) is 12.0 Å².